The van der Waals surface area contributed by atoms with Gasteiger partial charge in [-0.2, -0.15) is 4.31 Å². The molecule has 1 aromatic rings. The van der Waals surface area contributed by atoms with Gasteiger partial charge in [0.1, 0.15) is 11.7 Å². The van der Waals surface area contributed by atoms with Crippen molar-refractivity contribution < 1.29 is 23.2 Å². The third-order valence-corrected chi connectivity index (χ3v) is 6.01. The summed E-state index contributed by atoms with van der Waals surface area (Å²) >= 11 is 0. The second-order valence-corrected chi connectivity index (χ2v) is 7.90. The SMILES string of the molecule is CC(Nc1ccc(S(=O)(=O)N2CCCCCC2)cc1[N+](=O)[O-])C(=O)O. The molecule has 1 aliphatic heterocycles. The molecule has 1 fully saturated rings. The summed E-state index contributed by atoms with van der Waals surface area (Å²) in [5, 5.41) is 22.7. The Kier molecular flexibility index (Phi) is 5.96. The van der Waals surface area contributed by atoms with E-state index in [1.165, 1.54) is 23.4 Å². The zero-order chi connectivity index (χ0) is 18.6. The van der Waals surface area contributed by atoms with Gasteiger partial charge in [-0.05, 0) is 31.9 Å². The molecule has 0 spiro atoms. The average molecular weight is 371 g/mol. The molecule has 1 heterocycles. The average Bonchev–Trinajstić information content (AvgIpc) is 2.84. The highest BCUT2D eigenvalue weighted by Gasteiger charge is 2.28. The predicted octanol–water partition coefficient (Wildman–Crippen LogP) is 2.04. The maximum Gasteiger partial charge on any atom is 0.325 e. The van der Waals surface area contributed by atoms with Crippen molar-refractivity contribution in [1.82, 2.24) is 4.31 Å². The highest BCUT2D eigenvalue weighted by molar-refractivity contribution is 7.89. The van der Waals surface area contributed by atoms with Gasteiger partial charge >= 0.3 is 5.97 Å². The lowest BCUT2D eigenvalue weighted by molar-refractivity contribution is -0.384. The molecule has 0 amide bonds. The van der Waals surface area contributed by atoms with E-state index in [4.69, 9.17) is 5.11 Å². The standard InChI is InChI=1S/C15H21N3O6S/c1-11(15(19)20)16-13-7-6-12(10-14(13)18(21)22)25(23,24)17-8-4-2-3-5-9-17/h6-7,10-11,16H,2-5,8-9H2,1H3,(H,19,20). The van der Waals surface area contributed by atoms with Crippen LogP contribution in [-0.2, 0) is 14.8 Å². The van der Waals surface area contributed by atoms with Crippen LogP contribution in [0, 0.1) is 10.1 Å². The van der Waals surface area contributed by atoms with E-state index in [9.17, 15) is 23.3 Å². The number of nitro groups is 1. The number of hydrogen-bond acceptors (Lipinski definition) is 6. The zero-order valence-electron chi connectivity index (χ0n) is 13.8. The van der Waals surface area contributed by atoms with Crippen LogP contribution < -0.4 is 5.32 Å². The normalized spacial score (nSPS) is 17.5. The van der Waals surface area contributed by atoms with E-state index in [1.807, 2.05) is 0 Å². The van der Waals surface area contributed by atoms with Crippen LogP contribution in [0.1, 0.15) is 32.6 Å². The van der Waals surface area contributed by atoms with Crippen LogP contribution in [0.3, 0.4) is 0 Å². The van der Waals surface area contributed by atoms with E-state index in [0.29, 0.717) is 13.1 Å². The van der Waals surface area contributed by atoms with Crippen molar-refractivity contribution in [3.05, 3.63) is 28.3 Å². The molecule has 25 heavy (non-hydrogen) atoms. The lowest BCUT2D eigenvalue weighted by atomic mass is 10.2. The molecule has 10 heteroatoms. The molecule has 1 aromatic carbocycles. The lowest BCUT2D eigenvalue weighted by Gasteiger charge is -2.20. The molecule has 0 bridgehead atoms. The number of carboxylic acids is 1. The topological polar surface area (TPSA) is 130 Å². The lowest BCUT2D eigenvalue weighted by Crippen LogP contribution is -2.32. The van der Waals surface area contributed by atoms with Crippen LogP contribution in [0.15, 0.2) is 23.1 Å². The van der Waals surface area contributed by atoms with E-state index < -0.39 is 32.6 Å². The second kappa shape index (κ2) is 7.79. The molecule has 9 nitrogen and oxygen atoms in total. The first-order valence-corrected chi connectivity index (χ1v) is 9.45. The Hall–Kier alpha value is -2.20. The second-order valence-electron chi connectivity index (χ2n) is 5.96. The van der Waals surface area contributed by atoms with Crippen molar-refractivity contribution in [2.75, 3.05) is 18.4 Å². The number of aliphatic carboxylic acids is 1. The first-order chi connectivity index (χ1) is 11.7. The van der Waals surface area contributed by atoms with Crippen LogP contribution in [0.5, 0.6) is 0 Å². The number of sulfonamides is 1. The molecule has 0 aliphatic carbocycles. The van der Waals surface area contributed by atoms with E-state index >= 15 is 0 Å². The Morgan fingerprint density at radius 1 is 1.28 bits per heavy atom. The monoisotopic (exact) mass is 371 g/mol. The number of rotatable bonds is 6. The van der Waals surface area contributed by atoms with Gasteiger partial charge in [0.05, 0.1) is 9.82 Å². The molecule has 2 N–H and O–H groups in total. The molecule has 138 valence electrons. The number of nitrogens with one attached hydrogen (secondary N) is 1. The van der Waals surface area contributed by atoms with Crippen molar-refractivity contribution in [3.63, 3.8) is 0 Å². The van der Waals surface area contributed by atoms with Gasteiger partial charge < -0.3 is 10.4 Å². The van der Waals surface area contributed by atoms with Crippen molar-refractivity contribution in [2.24, 2.45) is 0 Å². The summed E-state index contributed by atoms with van der Waals surface area (Å²) in [5.74, 6) is -1.17. The number of nitrogens with zero attached hydrogens (tertiary/aromatic N) is 2. The van der Waals surface area contributed by atoms with Crippen molar-refractivity contribution >= 4 is 27.4 Å². The predicted molar refractivity (Wildman–Crippen MR) is 91.0 cm³/mol. The number of benzene rings is 1. The van der Waals surface area contributed by atoms with Gasteiger partial charge in [0.25, 0.3) is 5.69 Å². The Bertz CT molecular complexity index is 757. The minimum atomic E-state index is -3.82. The number of nitro benzene ring substituents is 1. The molecular weight excluding hydrogens is 350 g/mol. The summed E-state index contributed by atoms with van der Waals surface area (Å²) in [6.07, 6.45) is 3.44. The Morgan fingerprint density at radius 3 is 2.40 bits per heavy atom. The van der Waals surface area contributed by atoms with Gasteiger partial charge in [0.15, 0.2) is 0 Å². The van der Waals surface area contributed by atoms with Crippen LogP contribution in [-0.4, -0.2) is 47.9 Å². The van der Waals surface area contributed by atoms with Gasteiger partial charge in [0, 0.05) is 19.2 Å². The Balaban J connectivity index is 2.37. The van der Waals surface area contributed by atoms with Gasteiger partial charge in [-0.3, -0.25) is 14.9 Å². The van der Waals surface area contributed by atoms with Crippen LogP contribution >= 0.6 is 0 Å². The Morgan fingerprint density at radius 2 is 1.88 bits per heavy atom. The third kappa shape index (κ3) is 4.45. The largest absolute Gasteiger partial charge is 0.480 e. The summed E-state index contributed by atoms with van der Waals surface area (Å²) in [6, 6.07) is 2.44. The summed E-state index contributed by atoms with van der Waals surface area (Å²) in [4.78, 5) is 21.3. The summed E-state index contributed by atoms with van der Waals surface area (Å²) in [7, 11) is -3.82. The molecule has 1 saturated heterocycles. The fraction of sp³-hybridized carbons (Fsp3) is 0.533. The van der Waals surface area contributed by atoms with Gasteiger partial charge in [-0.15, -0.1) is 0 Å². The van der Waals surface area contributed by atoms with Crippen LogP contribution in [0.4, 0.5) is 11.4 Å². The van der Waals surface area contributed by atoms with E-state index in [2.05, 4.69) is 5.32 Å². The molecular formula is C15H21N3O6S. The maximum absolute atomic E-state index is 12.7. The minimum Gasteiger partial charge on any atom is -0.480 e. The number of anilines is 1. The zero-order valence-corrected chi connectivity index (χ0v) is 14.7. The van der Waals surface area contributed by atoms with Gasteiger partial charge in [-0.25, -0.2) is 8.42 Å². The molecule has 0 aromatic heterocycles. The summed E-state index contributed by atoms with van der Waals surface area (Å²) in [5.41, 5.74) is -0.501. The first-order valence-electron chi connectivity index (χ1n) is 8.01. The third-order valence-electron chi connectivity index (χ3n) is 4.11. The fourth-order valence-electron chi connectivity index (χ4n) is 2.67. The smallest absolute Gasteiger partial charge is 0.325 e. The molecule has 1 aliphatic rings. The number of carbonyl (C=O) groups is 1. The summed E-state index contributed by atoms with van der Waals surface area (Å²) in [6.45, 7) is 2.13. The molecule has 1 atom stereocenters. The first kappa shape index (κ1) is 19.1. The van der Waals surface area contributed by atoms with Crippen molar-refractivity contribution in [3.8, 4) is 0 Å². The van der Waals surface area contributed by atoms with E-state index in [0.717, 1.165) is 31.7 Å². The van der Waals surface area contributed by atoms with E-state index in [1.54, 1.807) is 0 Å². The highest BCUT2D eigenvalue weighted by atomic mass is 32.2. The van der Waals surface area contributed by atoms with Crippen molar-refractivity contribution in [2.45, 2.75) is 43.5 Å². The van der Waals surface area contributed by atoms with E-state index in [-0.39, 0.29) is 10.6 Å². The quantitative estimate of drug-likeness (QED) is 0.578. The van der Waals surface area contributed by atoms with Crippen molar-refractivity contribution in [1.29, 1.82) is 0 Å². The number of hydrogen-bond donors (Lipinski definition) is 2. The number of carboxylic acid groups (broad SMARTS) is 1. The van der Waals surface area contributed by atoms with Gasteiger partial charge in [0.2, 0.25) is 10.0 Å². The highest BCUT2D eigenvalue weighted by Crippen LogP contribution is 2.30. The minimum absolute atomic E-state index is 0.0327. The maximum atomic E-state index is 12.7. The molecule has 0 saturated carbocycles. The van der Waals surface area contributed by atoms with Gasteiger partial charge in [-0.1, -0.05) is 12.8 Å². The van der Waals surface area contributed by atoms with Crippen LogP contribution in [0.25, 0.3) is 0 Å². The molecule has 2 rings (SSSR count). The molecule has 0 radical (unpaired) electrons. The molecule has 1 unspecified atom stereocenters. The Labute approximate surface area is 145 Å². The van der Waals surface area contributed by atoms with Crippen LogP contribution in [0.2, 0.25) is 0 Å². The fourth-order valence-corrected chi connectivity index (χ4v) is 4.21. The summed E-state index contributed by atoms with van der Waals surface area (Å²) < 4.78 is 26.8.